The number of carbonyl (C=O) groups excluding carboxylic acids is 1. The van der Waals surface area contributed by atoms with Gasteiger partial charge in [-0.3, -0.25) is 4.79 Å². The molecule has 1 amide bonds. The number of hydrogen-bond acceptors (Lipinski definition) is 4. The summed E-state index contributed by atoms with van der Waals surface area (Å²) >= 11 is 0. The van der Waals surface area contributed by atoms with E-state index in [1.165, 1.54) is 0 Å². The van der Waals surface area contributed by atoms with Gasteiger partial charge in [0.1, 0.15) is 0 Å². The van der Waals surface area contributed by atoms with Crippen LogP contribution in [0.3, 0.4) is 0 Å². The van der Waals surface area contributed by atoms with Crippen molar-refractivity contribution in [3.63, 3.8) is 0 Å². The summed E-state index contributed by atoms with van der Waals surface area (Å²) < 4.78 is 11.6. The lowest BCUT2D eigenvalue weighted by atomic mass is 9.92. The molecule has 1 aromatic carbocycles. The third kappa shape index (κ3) is 4.27. The van der Waals surface area contributed by atoms with Gasteiger partial charge in [0.2, 0.25) is 5.91 Å². The molecule has 1 unspecified atom stereocenters. The Labute approximate surface area is 150 Å². The molecule has 1 atom stereocenters. The van der Waals surface area contributed by atoms with Gasteiger partial charge in [-0.1, -0.05) is 13.8 Å². The smallest absolute Gasteiger partial charge is 0.228 e. The summed E-state index contributed by atoms with van der Waals surface area (Å²) in [5, 5.41) is 6.46. The van der Waals surface area contributed by atoms with Crippen molar-refractivity contribution in [1.82, 2.24) is 5.32 Å². The van der Waals surface area contributed by atoms with Crippen LogP contribution in [0, 0.1) is 11.3 Å². The lowest BCUT2D eigenvalue weighted by Crippen LogP contribution is -2.31. The van der Waals surface area contributed by atoms with E-state index >= 15 is 0 Å². The van der Waals surface area contributed by atoms with E-state index in [4.69, 9.17) is 9.47 Å². The largest absolute Gasteiger partial charge is 0.490 e. The Balaban J connectivity index is 1.64. The van der Waals surface area contributed by atoms with Crippen LogP contribution in [-0.2, 0) is 4.79 Å². The highest BCUT2D eigenvalue weighted by molar-refractivity contribution is 5.95. The molecule has 3 rings (SSSR count). The van der Waals surface area contributed by atoms with Gasteiger partial charge < -0.3 is 20.1 Å². The van der Waals surface area contributed by atoms with Crippen LogP contribution in [-0.4, -0.2) is 32.2 Å². The molecule has 1 saturated heterocycles. The lowest BCUT2D eigenvalue weighted by Gasteiger charge is -2.23. The molecule has 0 aromatic heterocycles. The highest BCUT2D eigenvalue weighted by atomic mass is 16.5. The van der Waals surface area contributed by atoms with Crippen molar-refractivity contribution in [2.75, 3.05) is 31.6 Å². The van der Waals surface area contributed by atoms with Crippen molar-refractivity contribution in [3.8, 4) is 11.5 Å². The number of carbonyl (C=O) groups is 1. The van der Waals surface area contributed by atoms with E-state index in [-0.39, 0.29) is 17.2 Å². The molecular weight excluding hydrogens is 316 g/mol. The van der Waals surface area contributed by atoms with Gasteiger partial charge in [-0.05, 0) is 62.7 Å². The van der Waals surface area contributed by atoms with Gasteiger partial charge in [0.25, 0.3) is 0 Å². The monoisotopic (exact) mass is 346 g/mol. The van der Waals surface area contributed by atoms with E-state index in [1.807, 2.05) is 18.2 Å². The van der Waals surface area contributed by atoms with Crippen LogP contribution in [0.2, 0.25) is 0 Å². The highest BCUT2D eigenvalue weighted by Gasteiger charge is 2.57. The van der Waals surface area contributed by atoms with Gasteiger partial charge in [0, 0.05) is 17.7 Å². The molecule has 1 aliphatic heterocycles. The molecule has 2 N–H and O–H groups in total. The summed E-state index contributed by atoms with van der Waals surface area (Å²) in [5.41, 5.74) is 1.04. The Kier molecular flexibility index (Phi) is 5.84. The molecule has 25 heavy (non-hydrogen) atoms. The molecule has 2 aliphatic rings. The Bertz CT molecular complexity index is 597. The lowest BCUT2D eigenvalue weighted by molar-refractivity contribution is -0.118. The minimum absolute atomic E-state index is 0.144. The van der Waals surface area contributed by atoms with Crippen LogP contribution >= 0.6 is 0 Å². The van der Waals surface area contributed by atoms with E-state index in [1.54, 1.807) is 0 Å². The van der Waals surface area contributed by atoms with Gasteiger partial charge >= 0.3 is 0 Å². The van der Waals surface area contributed by atoms with Crippen molar-refractivity contribution in [3.05, 3.63) is 18.2 Å². The first-order chi connectivity index (χ1) is 12.2. The SMILES string of the molecule is CCCOc1ccc(NC(=O)C2CC23CCNCC3)cc1OCCC. The first-order valence-corrected chi connectivity index (χ1v) is 9.60. The summed E-state index contributed by atoms with van der Waals surface area (Å²) in [6.45, 7) is 7.51. The molecular formula is C20H30N2O3. The standard InChI is InChI=1S/C20H30N2O3/c1-3-11-24-17-6-5-15(13-18(17)25-12-4-2)22-19(23)16-14-20(16)7-9-21-10-8-20/h5-6,13,16,21H,3-4,7-12,14H2,1-2H3,(H,22,23). The molecule has 1 aliphatic carbocycles. The zero-order valence-electron chi connectivity index (χ0n) is 15.4. The van der Waals surface area contributed by atoms with E-state index in [2.05, 4.69) is 24.5 Å². The van der Waals surface area contributed by atoms with Crippen molar-refractivity contribution < 1.29 is 14.3 Å². The number of anilines is 1. The maximum Gasteiger partial charge on any atom is 0.228 e. The molecule has 1 heterocycles. The van der Waals surface area contributed by atoms with Crippen LogP contribution in [0.15, 0.2) is 18.2 Å². The maximum atomic E-state index is 12.6. The molecule has 1 aromatic rings. The zero-order valence-corrected chi connectivity index (χ0v) is 15.4. The molecule has 2 fully saturated rings. The van der Waals surface area contributed by atoms with Crippen LogP contribution < -0.4 is 20.1 Å². The third-order valence-electron chi connectivity index (χ3n) is 5.24. The summed E-state index contributed by atoms with van der Waals surface area (Å²) in [4.78, 5) is 12.6. The van der Waals surface area contributed by atoms with Gasteiger partial charge in [-0.15, -0.1) is 0 Å². The molecule has 1 spiro atoms. The number of nitrogens with one attached hydrogen (secondary N) is 2. The van der Waals surface area contributed by atoms with Gasteiger partial charge in [-0.25, -0.2) is 0 Å². The van der Waals surface area contributed by atoms with Crippen molar-refractivity contribution in [2.45, 2.75) is 46.0 Å². The van der Waals surface area contributed by atoms with Gasteiger partial charge in [-0.2, -0.15) is 0 Å². The summed E-state index contributed by atoms with van der Waals surface area (Å²) in [5.74, 6) is 1.76. The number of benzene rings is 1. The second-order valence-corrected chi connectivity index (χ2v) is 7.22. The van der Waals surface area contributed by atoms with Gasteiger partial charge in [0.05, 0.1) is 13.2 Å². The van der Waals surface area contributed by atoms with E-state index < -0.39 is 0 Å². The maximum absolute atomic E-state index is 12.6. The summed E-state index contributed by atoms with van der Waals surface area (Å²) in [6.07, 6.45) is 5.13. The Hall–Kier alpha value is -1.75. The summed E-state index contributed by atoms with van der Waals surface area (Å²) in [7, 11) is 0. The first-order valence-electron chi connectivity index (χ1n) is 9.60. The van der Waals surface area contributed by atoms with E-state index in [0.29, 0.717) is 19.0 Å². The second-order valence-electron chi connectivity index (χ2n) is 7.22. The number of piperidine rings is 1. The Morgan fingerprint density at radius 2 is 1.84 bits per heavy atom. The average Bonchev–Trinajstić information content (AvgIpc) is 3.32. The zero-order chi connectivity index (χ0) is 17.7. The molecule has 138 valence electrons. The van der Waals surface area contributed by atoms with E-state index in [9.17, 15) is 4.79 Å². The number of ether oxygens (including phenoxy) is 2. The second kappa shape index (κ2) is 8.09. The molecule has 5 heteroatoms. The van der Waals surface area contributed by atoms with E-state index in [0.717, 1.165) is 56.6 Å². The molecule has 1 saturated carbocycles. The fraction of sp³-hybridized carbons (Fsp3) is 0.650. The first kappa shape index (κ1) is 18.1. The predicted octanol–water partition coefficient (Wildman–Crippen LogP) is 3.59. The Morgan fingerprint density at radius 1 is 1.16 bits per heavy atom. The number of hydrogen-bond donors (Lipinski definition) is 2. The van der Waals surface area contributed by atoms with Crippen LogP contribution in [0.4, 0.5) is 5.69 Å². The summed E-state index contributed by atoms with van der Waals surface area (Å²) in [6, 6.07) is 5.68. The third-order valence-corrected chi connectivity index (χ3v) is 5.24. The van der Waals surface area contributed by atoms with Crippen molar-refractivity contribution in [2.24, 2.45) is 11.3 Å². The topological polar surface area (TPSA) is 59.6 Å². The molecule has 0 bridgehead atoms. The average molecular weight is 346 g/mol. The molecule has 0 radical (unpaired) electrons. The normalized spacial score (nSPS) is 21.0. The number of rotatable bonds is 8. The fourth-order valence-electron chi connectivity index (χ4n) is 3.67. The minimum Gasteiger partial charge on any atom is -0.490 e. The molecule has 5 nitrogen and oxygen atoms in total. The van der Waals surface area contributed by atoms with Crippen molar-refractivity contribution >= 4 is 11.6 Å². The minimum atomic E-state index is 0.144. The van der Waals surface area contributed by atoms with Gasteiger partial charge in [0.15, 0.2) is 11.5 Å². The fourth-order valence-corrected chi connectivity index (χ4v) is 3.67. The highest BCUT2D eigenvalue weighted by Crippen LogP contribution is 2.58. The van der Waals surface area contributed by atoms with Crippen LogP contribution in [0.25, 0.3) is 0 Å². The van der Waals surface area contributed by atoms with Crippen LogP contribution in [0.1, 0.15) is 46.0 Å². The quantitative estimate of drug-likeness (QED) is 0.755. The Morgan fingerprint density at radius 3 is 2.52 bits per heavy atom. The number of amides is 1. The predicted molar refractivity (Wildman–Crippen MR) is 99.3 cm³/mol. The van der Waals surface area contributed by atoms with Crippen LogP contribution in [0.5, 0.6) is 11.5 Å². The van der Waals surface area contributed by atoms with Crippen molar-refractivity contribution in [1.29, 1.82) is 0 Å².